The van der Waals surface area contributed by atoms with Crippen LogP contribution in [0.15, 0.2) is 18.2 Å². The quantitative estimate of drug-likeness (QED) is 0.869. The van der Waals surface area contributed by atoms with Gasteiger partial charge in [-0.25, -0.2) is 0 Å². The predicted molar refractivity (Wildman–Crippen MR) is 84.3 cm³/mol. The third kappa shape index (κ3) is 3.61. The van der Waals surface area contributed by atoms with E-state index in [1.807, 2.05) is 25.1 Å². The fraction of sp³-hybridized carbons (Fsp3) is 0.500. The van der Waals surface area contributed by atoms with E-state index >= 15 is 0 Å². The van der Waals surface area contributed by atoms with Gasteiger partial charge in [0, 0.05) is 31.3 Å². The Morgan fingerprint density at radius 3 is 2.81 bits per heavy atom. The summed E-state index contributed by atoms with van der Waals surface area (Å²) in [6.07, 6.45) is 2.18. The standard InChI is InChI=1S/C16H23N3O2/c1-3-12(10-17)8-16(21)18-14-4-5-15-13(9-14)6-7-19(15)11(2)20/h4-5,9,12H,3,6-8,10,17H2,1-2H3,(H,18,21). The van der Waals surface area contributed by atoms with Gasteiger partial charge in [0.2, 0.25) is 11.8 Å². The number of benzene rings is 1. The number of fused-ring (bicyclic) bond motifs is 1. The number of nitrogens with one attached hydrogen (secondary N) is 1. The molecule has 1 atom stereocenters. The molecule has 5 heteroatoms. The lowest BCUT2D eigenvalue weighted by Crippen LogP contribution is -2.25. The first-order valence-corrected chi connectivity index (χ1v) is 7.46. The smallest absolute Gasteiger partial charge is 0.224 e. The Balaban J connectivity index is 2.03. The van der Waals surface area contributed by atoms with Crippen molar-refractivity contribution in [3.05, 3.63) is 23.8 Å². The first-order chi connectivity index (χ1) is 10.0. The summed E-state index contributed by atoms with van der Waals surface area (Å²) in [5, 5.41) is 2.92. The summed E-state index contributed by atoms with van der Waals surface area (Å²) >= 11 is 0. The normalized spacial score (nSPS) is 14.7. The molecule has 1 aliphatic heterocycles. The van der Waals surface area contributed by atoms with E-state index < -0.39 is 0 Å². The SMILES string of the molecule is CCC(CN)CC(=O)Nc1ccc2c(c1)CCN2C(C)=O. The molecule has 2 amide bonds. The van der Waals surface area contributed by atoms with E-state index in [1.165, 1.54) is 0 Å². The minimum Gasteiger partial charge on any atom is -0.330 e. The van der Waals surface area contributed by atoms with E-state index in [1.54, 1.807) is 11.8 Å². The average Bonchev–Trinajstić information content (AvgIpc) is 2.87. The maximum absolute atomic E-state index is 12.0. The average molecular weight is 289 g/mol. The Morgan fingerprint density at radius 2 is 2.19 bits per heavy atom. The third-order valence-corrected chi connectivity index (χ3v) is 4.02. The van der Waals surface area contributed by atoms with Crippen LogP contribution in [0.1, 0.15) is 32.3 Å². The van der Waals surface area contributed by atoms with Crippen molar-refractivity contribution >= 4 is 23.2 Å². The van der Waals surface area contributed by atoms with Crippen molar-refractivity contribution in [3.63, 3.8) is 0 Å². The van der Waals surface area contributed by atoms with Gasteiger partial charge >= 0.3 is 0 Å². The Labute approximate surface area is 125 Å². The fourth-order valence-electron chi connectivity index (χ4n) is 2.68. The summed E-state index contributed by atoms with van der Waals surface area (Å²) in [5.74, 6) is 0.278. The molecule has 0 spiro atoms. The number of anilines is 2. The lowest BCUT2D eigenvalue weighted by atomic mass is 10.0. The number of nitrogens with zero attached hydrogens (tertiary/aromatic N) is 1. The van der Waals surface area contributed by atoms with Gasteiger partial charge in [-0.1, -0.05) is 13.3 Å². The molecule has 1 heterocycles. The van der Waals surface area contributed by atoms with Crippen LogP contribution in [0.25, 0.3) is 0 Å². The molecule has 2 rings (SSSR count). The van der Waals surface area contributed by atoms with Gasteiger partial charge in [0.15, 0.2) is 0 Å². The Morgan fingerprint density at radius 1 is 1.43 bits per heavy atom. The van der Waals surface area contributed by atoms with Gasteiger partial charge in [-0.2, -0.15) is 0 Å². The monoisotopic (exact) mass is 289 g/mol. The summed E-state index contributed by atoms with van der Waals surface area (Å²) in [6, 6.07) is 5.71. The summed E-state index contributed by atoms with van der Waals surface area (Å²) in [5.41, 5.74) is 8.47. The largest absolute Gasteiger partial charge is 0.330 e. The number of nitrogens with two attached hydrogens (primary N) is 1. The molecule has 0 fully saturated rings. The van der Waals surface area contributed by atoms with Crippen molar-refractivity contribution in [3.8, 4) is 0 Å². The number of amides is 2. The van der Waals surface area contributed by atoms with Crippen LogP contribution >= 0.6 is 0 Å². The summed E-state index contributed by atoms with van der Waals surface area (Å²) < 4.78 is 0. The van der Waals surface area contributed by atoms with Crippen molar-refractivity contribution in [1.82, 2.24) is 0 Å². The molecular weight excluding hydrogens is 266 g/mol. The first kappa shape index (κ1) is 15.5. The Hall–Kier alpha value is -1.88. The molecule has 0 saturated carbocycles. The lowest BCUT2D eigenvalue weighted by molar-refractivity contribution is -0.117. The van der Waals surface area contributed by atoms with Crippen LogP contribution in [0.2, 0.25) is 0 Å². The van der Waals surface area contributed by atoms with Gasteiger partial charge in [0.25, 0.3) is 0 Å². The maximum atomic E-state index is 12.0. The molecular formula is C16H23N3O2. The summed E-state index contributed by atoms with van der Waals surface area (Å²) in [6.45, 7) is 4.86. The Bertz CT molecular complexity index is 538. The molecule has 21 heavy (non-hydrogen) atoms. The highest BCUT2D eigenvalue weighted by Crippen LogP contribution is 2.30. The van der Waals surface area contributed by atoms with E-state index in [4.69, 9.17) is 5.73 Å². The van der Waals surface area contributed by atoms with Gasteiger partial charge in [-0.15, -0.1) is 0 Å². The molecule has 114 valence electrons. The molecule has 0 aromatic heterocycles. The van der Waals surface area contributed by atoms with Crippen molar-refractivity contribution in [2.45, 2.75) is 33.1 Å². The highest BCUT2D eigenvalue weighted by atomic mass is 16.2. The molecule has 1 aromatic rings. The number of hydrogen-bond donors (Lipinski definition) is 2. The number of carbonyl (C=O) groups is 2. The minimum absolute atomic E-state index is 0.00586. The van der Waals surface area contributed by atoms with Gasteiger partial charge in [0.05, 0.1) is 0 Å². The van der Waals surface area contributed by atoms with Crippen LogP contribution in [-0.2, 0) is 16.0 Å². The predicted octanol–water partition coefficient (Wildman–Crippen LogP) is 1.91. The summed E-state index contributed by atoms with van der Waals surface area (Å²) in [7, 11) is 0. The summed E-state index contributed by atoms with van der Waals surface area (Å²) in [4.78, 5) is 25.3. The molecule has 0 radical (unpaired) electrons. The van der Waals surface area contributed by atoms with Crippen LogP contribution in [0, 0.1) is 5.92 Å². The van der Waals surface area contributed by atoms with E-state index in [2.05, 4.69) is 5.32 Å². The fourth-order valence-corrected chi connectivity index (χ4v) is 2.68. The van der Waals surface area contributed by atoms with Crippen molar-refractivity contribution in [2.75, 3.05) is 23.3 Å². The van der Waals surface area contributed by atoms with Crippen LogP contribution < -0.4 is 16.0 Å². The van der Waals surface area contributed by atoms with E-state index in [0.29, 0.717) is 19.5 Å². The van der Waals surface area contributed by atoms with E-state index in [-0.39, 0.29) is 17.7 Å². The molecule has 5 nitrogen and oxygen atoms in total. The molecule has 0 saturated heterocycles. The van der Waals surface area contributed by atoms with Crippen LogP contribution in [0.4, 0.5) is 11.4 Å². The molecule has 1 unspecified atom stereocenters. The highest BCUT2D eigenvalue weighted by molar-refractivity contribution is 5.95. The third-order valence-electron chi connectivity index (χ3n) is 4.02. The van der Waals surface area contributed by atoms with Gasteiger partial charge in [-0.05, 0) is 42.6 Å². The Kier molecular flexibility index (Phi) is 4.96. The second-order valence-electron chi connectivity index (χ2n) is 5.53. The zero-order chi connectivity index (χ0) is 15.4. The van der Waals surface area contributed by atoms with Crippen molar-refractivity contribution in [2.24, 2.45) is 11.7 Å². The molecule has 0 aliphatic carbocycles. The lowest BCUT2D eigenvalue weighted by Gasteiger charge is -2.15. The number of carbonyl (C=O) groups excluding carboxylic acids is 2. The van der Waals surface area contributed by atoms with E-state index in [0.717, 1.165) is 29.8 Å². The minimum atomic E-state index is -0.00586. The second kappa shape index (κ2) is 6.72. The molecule has 1 aliphatic rings. The first-order valence-electron chi connectivity index (χ1n) is 7.46. The second-order valence-corrected chi connectivity index (χ2v) is 5.53. The number of hydrogen-bond acceptors (Lipinski definition) is 3. The van der Waals surface area contributed by atoms with Crippen LogP contribution in [-0.4, -0.2) is 24.9 Å². The van der Waals surface area contributed by atoms with Crippen molar-refractivity contribution < 1.29 is 9.59 Å². The molecule has 1 aromatic carbocycles. The van der Waals surface area contributed by atoms with Gasteiger partial charge < -0.3 is 16.0 Å². The van der Waals surface area contributed by atoms with E-state index in [9.17, 15) is 9.59 Å². The maximum Gasteiger partial charge on any atom is 0.224 e. The zero-order valence-corrected chi connectivity index (χ0v) is 12.7. The van der Waals surface area contributed by atoms with Gasteiger partial charge in [-0.3, -0.25) is 9.59 Å². The molecule has 0 bridgehead atoms. The molecule has 3 N–H and O–H groups in total. The van der Waals surface area contributed by atoms with Crippen LogP contribution in [0.5, 0.6) is 0 Å². The van der Waals surface area contributed by atoms with Gasteiger partial charge in [0.1, 0.15) is 0 Å². The topological polar surface area (TPSA) is 75.4 Å². The van der Waals surface area contributed by atoms with Crippen LogP contribution in [0.3, 0.4) is 0 Å². The number of rotatable bonds is 5. The van der Waals surface area contributed by atoms with Crippen molar-refractivity contribution in [1.29, 1.82) is 0 Å². The highest BCUT2D eigenvalue weighted by Gasteiger charge is 2.22. The zero-order valence-electron chi connectivity index (χ0n) is 12.7.